The lowest BCUT2D eigenvalue weighted by Gasteiger charge is -2.26. The number of rotatable bonds is 6. The minimum absolute atomic E-state index is 0.0327. The number of ether oxygens (including phenoxy) is 1. The molecule has 0 amide bonds. The maximum Gasteiger partial charge on any atom is 0.240 e. The molecule has 21 heavy (non-hydrogen) atoms. The molecule has 118 valence electrons. The van der Waals surface area contributed by atoms with Gasteiger partial charge in [0.05, 0.1) is 17.7 Å². The van der Waals surface area contributed by atoms with E-state index in [-0.39, 0.29) is 9.64 Å². The Labute approximate surface area is 130 Å². The Morgan fingerprint density at radius 1 is 1.38 bits per heavy atom. The van der Waals surface area contributed by atoms with Gasteiger partial charge in [-0.15, -0.1) is 0 Å². The third kappa shape index (κ3) is 3.64. The summed E-state index contributed by atoms with van der Waals surface area (Å²) < 4.78 is 32.7. The average molecular weight is 330 g/mol. The van der Waals surface area contributed by atoms with Gasteiger partial charge in [-0.1, -0.05) is 12.8 Å². The van der Waals surface area contributed by atoms with Gasteiger partial charge in [-0.2, -0.15) is 11.8 Å². The number of thioether (sulfide) groups is 1. The van der Waals surface area contributed by atoms with Gasteiger partial charge in [0.15, 0.2) is 0 Å². The molecule has 5 nitrogen and oxygen atoms in total. The zero-order valence-corrected chi connectivity index (χ0v) is 14.0. The Hall–Kier alpha value is -0.920. The van der Waals surface area contributed by atoms with Crippen molar-refractivity contribution in [3.05, 3.63) is 18.2 Å². The first-order valence-corrected chi connectivity index (χ1v) is 9.62. The molecule has 1 fully saturated rings. The van der Waals surface area contributed by atoms with Crippen molar-refractivity contribution in [1.82, 2.24) is 4.72 Å². The van der Waals surface area contributed by atoms with Gasteiger partial charge in [0.25, 0.3) is 0 Å². The molecule has 7 heteroatoms. The quantitative estimate of drug-likeness (QED) is 0.782. The fraction of sp³-hybridized carbons (Fsp3) is 0.571. The van der Waals surface area contributed by atoms with Gasteiger partial charge < -0.3 is 10.5 Å². The summed E-state index contributed by atoms with van der Waals surface area (Å²) in [5.74, 6) is 0.373. The molecule has 3 N–H and O–H groups in total. The van der Waals surface area contributed by atoms with E-state index in [9.17, 15) is 8.42 Å². The molecule has 0 aliphatic heterocycles. The summed E-state index contributed by atoms with van der Waals surface area (Å²) in [6.07, 6.45) is 6.49. The summed E-state index contributed by atoms with van der Waals surface area (Å²) >= 11 is 1.75. The number of anilines is 1. The number of methoxy groups -OCH3 is 1. The number of nitrogens with one attached hydrogen (secondary N) is 1. The summed E-state index contributed by atoms with van der Waals surface area (Å²) in [6.45, 7) is 0.461. The van der Waals surface area contributed by atoms with Crippen molar-refractivity contribution in [2.75, 3.05) is 25.6 Å². The summed E-state index contributed by atoms with van der Waals surface area (Å²) in [5, 5.41) is 0. The van der Waals surface area contributed by atoms with Gasteiger partial charge in [0, 0.05) is 17.4 Å². The second-order valence-corrected chi connectivity index (χ2v) is 8.36. The molecule has 0 aromatic heterocycles. The van der Waals surface area contributed by atoms with Crippen molar-refractivity contribution in [3.63, 3.8) is 0 Å². The van der Waals surface area contributed by atoms with Crippen molar-refractivity contribution in [3.8, 4) is 5.75 Å². The Morgan fingerprint density at radius 3 is 2.62 bits per heavy atom. The molecule has 2 rings (SSSR count). The van der Waals surface area contributed by atoms with Gasteiger partial charge >= 0.3 is 0 Å². The lowest BCUT2D eigenvalue weighted by Crippen LogP contribution is -2.38. The van der Waals surface area contributed by atoms with E-state index in [1.54, 1.807) is 17.8 Å². The van der Waals surface area contributed by atoms with Crippen LogP contribution in [-0.2, 0) is 10.0 Å². The number of benzene rings is 1. The molecular weight excluding hydrogens is 308 g/mol. The van der Waals surface area contributed by atoms with E-state index in [2.05, 4.69) is 4.72 Å². The Balaban J connectivity index is 2.15. The van der Waals surface area contributed by atoms with E-state index < -0.39 is 10.0 Å². The summed E-state index contributed by atoms with van der Waals surface area (Å²) in [6, 6.07) is 4.51. The van der Waals surface area contributed by atoms with Crippen molar-refractivity contribution >= 4 is 27.5 Å². The van der Waals surface area contributed by atoms with Crippen LogP contribution in [0.4, 0.5) is 5.69 Å². The van der Waals surface area contributed by atoms with E-state index in [4.69, 9.17) is 10.5 Å². The number of sulfonamides is 1. The monoisotopic (exact) mass is 330 g/mol. The van der Waals surface area contributed by atoms with Gasteiger partial charge in [-0.3, -0.25) is 0 Å². The van der Waals surface area contributed by atoms with E-state index in [1.165, 1.54) is 19.2 Å². The third-order valence-corrected chi connectivity index (χ3v) is 6.86. The molecule has 0 atom stereocenters. The van der Waals surface area contributed by atoms with Crippen LogP contribution in [0.2, 0.25) is 0 Å². The molecule has 0 unspecified atom stereocenters. The topological polar surface area (TPSA) is 81.4 Å². The highest BCUT2D eigenvalue weighted by Crippen LogP contribution is 2.39. The van der Waals surface area contributed by atoms with E-state index >= 15 is 0 Å². The molecule has 0 radical (unpaired) electrons. The highest BCUT2D eigenvalue weighted by Gasteiger charge is 2.34. The van der Waals surface area contributed by atoms with Gasteiger partial charge in [0.2, 0.25) is 10.0 Å². The lowest BCUT2D eigenvalue weighted by molar-refractivity contribution is 0.415. The molecule has 1 aromatic carbocycles. The lowest BCUT2D eigenvalue weighted by atomic mass is 10.1. The summed E-state index contributed by atoms with van der Waals surface area (Å²) in [7, 11) is -2.08. The Kier molecular flexibility index (Phi) is 5.06. The van der Waals surface area contributed by atoms with Crippen LogP contribution in [-0.4, -0.2) is 33.1 Å². The second-order valence-electron chi connectivity index (χ2n) is 5.32. The standard InChI is InChI=1S/C14H22N2O3S2/c1-19-13-9-11(5-6-12(13)15)21(17,18)16-10-14(20-2)7-3-4-8-14/h5-6,9,16H,3-4,7-8,10,15H2,1-2H3. The van der Waals surface area contributed by atoms with Crippen LogP contribution in [0.5, 0.6) is 5.75 Å². The van der Waals surface area contributed by atoms with Gasteiger partial charge in [0.1, 0.15) is 5.75 Å². The zero-order valence-electron chi connectivity index (χ0n) is 12.4. The summed E-state index contributed by atoms with van der Waals surface area (Å²) in [4.78, 5) is 0.183. The number of nitrogens with two attached hydrogens (primary N) is 1. The Bertz CT molecular complexity index is 596. The largest absolute Gasteiger partial charge is 0.495 e. The fourth-order valence-corrected chi connectivity index (χ4v) is 4.79. The minimum Gasteiger partial charge on any atom is -0.495 e. The van der Waals surface area contributed by atoms with Gasteiger partial charge in [-0.05, 0) is 31.2 Å². The van der Waals surface area contributed by atoms with Crippen molar-refractivity contribution in [1.29, 1.82) is 0 Å². The summed E-state index contributed by atoms with van der Waals surface area (Å²) in [5.41, 5.74) is 6.14. The van der Waals surface area contributed by atoms with Gasteiger partial charge in [-0.25, -0.2) is 13.1 Å². The predicted molar refractivity (Wildman–Crippen MR) is 87.3 cm³/mol. The van der Waals surface area contributed by atoms with Crippen molar-refractivity contribution in [2.45, 2.75) is 35.3 Å². The average Bonchev–Trinajstić information content (AvgIpc) is 2.95. The van der Waals surface area contributed by atoms with Crippen molar-refractivity contribution < 1.29 is 13.2 Å². The number of hydrogen-bond donors (Lipinski definition) is 2. The van der Waals surface area contributed by atoms with Crippen molar-refractivity contribution in [2.24, 2.45) is 0 Å². The highest BCUT2D eigenvalue weighted by molar-refractivity contribution is 8.00. The molecule has 0 bridgehead atoms. The SMILES string of the molecule is COc1cc(S(=O)(=O)NCC2(SC)CCCC2)ccc1N. The first kappa shape index (κ1) is 16.5. The molecule has 1 aliphatic rings. The molecule has 1 aliphatic carbocycles. The molecule has 1 aromatic rings. The fourth-order valence-electron chi connectivity index (χ4n) is 2.64. The normalized spacial score (nSPS) is 17.8. The Morgan fingerprint density at radius 2 is 2.05 bits per heavy atom. The molecule has 0 saturated heterocycles. The molecule has 0 heterocycles. The van der Waals surface area contributed by atoms with Crippen LogP contribution in [0, 0.1) is 0 Å². The van der Waals surface area contributed by atoms with Crippen LogP contribution in [0.25, 0.3) is 0 Å². The van der Waals surface area contributed by atoms with Crippen LogP contribution >= 0.6 is 11.8 Å². The number of nitrogen functional groups attached to an aromatic ring is 1. The molecule has 1 saturated carbocycles. The van der Waals surface area contributed by atoms with Crippen LogP contribution in [0.15, 0.2) is 23.1 Å². The van der Waals surface area contributed by atoms with E-state index in [0.717, 1.165) is 25.7 Å². The third-order valence-electron chi connectivity index (χ3n) is 4.05. The highest BCUT2D eigenvalue weighted by atomic mass is 32.2. The first-order chi connectivity index (χ1) is 9.92. The zero-order chi connectivity index (χ0) is 15.5. The first-order valence-electron chi connectivity index (χ1n) is 6.91. The molecule has 0 spiro atoms. The van der Waals surface area contributed by atoms with Crippen LogP contribution in [0.1, 0.15) is 25.7 Å². The smallest absolute Gasteiger partial charge is 0.240 e. The maximum atomic E-state index is 12.4. The van der Waals surface area contributed by atoms with Crippen LogP contribution < -0.4 is 15.2 Å². The van der Waals surface area contributed by atoms with Crippen LogP contribution in [0.3, 0.4) is 0 Å². The molecular formula is C14H22N2O3S2. The van der Waals surface area contributed by atoms with E-state index in [0.29, 0.717) is 18.0 Å². The predicted octanol–water partition coefficient (Wildman–Crippen LogP) is 2.23. The van der Waals surface area contributed by atoms with E-state index in [1.807, 2.05) is 6.26 Å². The number of hydrogen-bond acceptors (Lipinski definition) is 5. The minimum atomic E-state index is -3.54. The maximum absolute atomic E-state index is 12.4. The second kappa shape index (κ2) is 6.46.